The molecule has 2 nitrogen and oxygen atoms in total. The number of hydrogen-bond acceptors (Lipinski definition) is 2. The highest BCUT2D eigenvalue weighted by molar-refractivity contribution is 6.07. The highest BCUT2D eigenvalue weighted by Gasteiger charge is 2.08. The zero-order valence-corrected chi connectivity index (χ0v) is 8.95. The van der Waals surface area contributed by atoms with Gasteiger partial charge in [-0.2, -0.15) is 0 Å². The summed E-state index contributed by atoms with van der Waals surface area (Å²) < 4.78 is 0. The van der Waals surface area contributed by atoms with Gasteiger partial charge in [0.2, 0.25) is 0 Å². The fourth-order valence-corrected chi connectivity index (χ4v) is 1.81. The standard InChI is InChI=1S/C13H13NO/c1-3-13-11-7-5-4-6-10(11)12(8-14-13)9(2)15/h4-8H,3H2,1-2H3. The van der Waals surface area contributed by atoms with E-state index in [-0.39, 0.29) is 5.78 Å². The SMILES string of the molecule is CCc1ncc(C(C)=O)c2ccccc12. The molecule has 0 aliphatic carbocycles. The fourth-order valence-electron chi connectivity index (χ4n) is 1.81. The number of nitrogens with zero attached hydrogens (tertiary/aromatic N) is 1. The van der Waals surface area contributed by atoms with Gasteiger partial charge in [-0.15, -0.1) is 0 Å². The highest BCUT2D eigenvalue weighted by atomic mass is 16.1. The van der Waals surface area contributed by atoms with Gasteiger partial charge in [-0.25, -0.2) is 0 Å². The Morgan fingerprint density at radius 1 is 1.27 bits per heavy atom. The summed E-state index contributed by atoms with van der Waals surface area (Å²) in [6, 6.07) is 7.93. The molecule has 0 N–H and O–H groups in total. The number of Topliss-reactive ketones (excluding diaryl/α,β-unsaturated/α-hetero) is 1. The highest BCUT2D eigenvalue weighted by Crippen LogP contribution is 2.21. The molecule has 1 aromatic carbocycles. The summed E-state index contributed by atoms with van der Waals surface area (Å²) in [5, 5.41) is 2.10. The van der Waals surface area contributed by atoms with Crippen LogP contribution in [0.5, 0.6) is 0 Å². The number of benzene rings is 1. The third-order valence-electron chi connectivity index (χ3n) is 2.59. The predicted octanol–water partition coefficient (Wildman–Crippen LogP) is 3.00. The van der Waals surface area contributed by atoms with Crippen LogP contribution >= 0.6 is 0 Å². The Morgan fingerprint density at radius 2 is 1.93 bits per heavy atom. The van der Waals surface area contributed by atoms with Gasteiger partial charge in [0, 0.05) is 22.8 Å². The molecular formula is C13H13NO. The summed E-state index contributed by atoms with van der Waals surface area (Å²) in [6.07, 6.45) is 2.57. The summed E-state index contributed by atoms with van der Waals surface area (Å²) >= 11 is 0. The van der Waals surface area contributed by atoms with Crippen LogP contribution in [0.4, 0.5) is 0 Å². The Balaban J connectivity index is 2.83. The number of pyridine rings is 1. The minimum atomic E-state index is 0.0707. The van der Waals surface area contributed by atoms with Crippen molar-refractivity contribution in [2.24, 2.45) is 0 Å². The lowest BCUT2D eigenvalue weighted by molar-refractivity contribution is 0.101. The summed E-state index contributed by atoms with van der Waals surface area (Å²) in [6.45, 7) is 3.65. The van der Waals surface area contributed by atoms with Crippen LogP contribution in [0, 0.1) is 0 Å². The number of aromatic nitrogens is 1. The van der Waals surface area contributed by atoms with E-state index >= 15 is 0 Å². The Labute approximate surface area is 89.0 Å². The van der Waals surface area contributed by atoms with Crippen LogP contribution in [0.25, 0.3) is 10.8 Å². The van der Waals surface area contributed by atoms with E-state index in [0.29, 0.717) is 5.56 Å². The number of ketones is 1. The lowest BCUT2D eigenvalue weighted by Gasteiger charge is -2.06. The van der Waals surface area contributed by atoms with Gasteiger partial charge >= 0.3 is 0 Å². The first kappa shape index (κ1) is 9.84. The molecule has 0 aliphatic heterocycles. The van der Waals surface area contributed by atoms with Gasteiger partial charge in [0.05, 0.1) is 0 Å². The molecular weight excluding hydrogens is 186 g/mol. The smallest absolute Gasteiger partial charge is 0.161 e. The van der Waals surface area contributed by atoms with Gasteiger partial charge in [-0.1, -0.05) is 31.2 Å². The molecule has 0 aliphatic rings. The van der Waals surface area contributed by atoms with Gasteiger partial charge < -0.3 is 0 Å². The second kappa shape index (κ2) is 3.81. The molecule has 0 amide bonds. The van der Waals surface area contributed by atoms with Gasteiger partial charge in [0.15, 0.2) is 5.78 Å². The third-order valence-corrected chi connectivity index (χ3v) is 2.59. The van der Waals surface area contributed by atoms with Crippen LogP contribution in [0.3, 0.4) is 0 Å². The van der Waals surface area contributed by atoms with Crippen LogP contribution in [0.15, 0.2) is 30.5 Å². The quantitative estimate of drug-likeness (QED) is 0.696. The van der Waals surface area contributed by atoms with Gasteiger partial charge in [-0.05, 0) is 18.7 Å². The molecule has 76 valence electrons. The zero-order chi connectivity index (χ0) is 10.8. The van der Waals surface area contributed by atoms with Crippen molar-refractivity contribution in [3.8, 4) is 0 Å². The van der Waals surface area contributed by atoms with E-state index in [1.54, 1.807) is 13.1 Å². The number of fused-ring (bicyclic) bond motifs is 1. The van der Waals surface area contributed by atoms with Crippen molar-refractivity contribution in [2.75, 3.05) is 0 Å². The zero-order valence-electron chi connectivity index (χ0n) is 8.95. The number of aryl methyl sites for hydroxylation is 1. The van der Waals surface area contributed by atoms with Crippen LogP contribution < -0.4 is 0 Å². The molecule has 0 spiro atoms. The van der Waals surface area contributed by atoms with Gasteiger partial charge in [0.25, 0.3) is 0 Å². The Bertz CT molecular complexity index is 517. The molecule has 0 unspecified atom stereocenters. The number of rotatable bonds is 2. The molecule has 1 aromatic heterocycles. The predicted molar refractivity (Wildman–Crippen MR) is 61.1 cm³/mol. The first-order valence-electron chi connectivity index (χ1n) is 5.11. The van der Waals surface area contributed by atoms with E-state index in [1.165, 1.54) is 0 Å². The molecule has 2 heteroatoms. The van der Waals surface area contributed by atoms with E-state index in [4.69, 9.17) is 0 Å². The van der Waals surface area contributed by atoms with Crippen molar-refractivity contribution >= 4 is 16.6 Å². The topological polar surface area (TPSA) is 30.0 Å². The monoisotopic (exact) mass is 199 g/mol. The average molecular weight is 199 g/mol. The number of carbonyl (C=O) groups is 1. The molecule has 2 rings (SSSR count). The van der Waals surface area contributed by atoms with Crippen molar-refractivity contribution in [2.45, 2.75) is 20.3 Å². The Kier molecular flexibility index (Phi) is 2.50. The summed E-state index contributed by atoms with van der Waals surface area (Å²) in [7, 11) is 0. The molecule has 0 saturated carbocycles. The molecule has 15 heavy (non-hydrogen) atoms. The fraction of sp³-hybridized carbons (Fsp3) is 0.231. The van der Waals surface area contributed by atoms with Crippen molar-refractivity contribution in [3.63, 3.8) is 0 Å². The number of hydrogen-bond donors (Lipinski definition) is 0. The van der Waals surface area contributed by atoms with Crippen molar-refractivity contribution in [1.29, 1.82) is 0 Å². The minimum Gasteiger partial charge on any atom is -0.294 e. The van der Waals surface area contributed by atoms with Crippen molar-refractivity contribution < 1.29 is 4.79 Å². The molecule has 2 aromatic rings. The largest absolute Gasteiger partial charge is 0.294 e. The van der Waals surface area contributed by atoms with Crippen molar-refractivity contribution in [1.82, 2.24) is 4.98 Å². The second-order valence-electron chi connectivity index (χ2n) is 3.57. The first-order chi connectivity index (χ1) is 7.24. The average Bonchev–Trinajstić information content (AvgIpc) is 2.27. The van der Waals surface area contributed by atoms with E-state index in [0.717, 1.165) is 22.9 Å². The van der Waals surface area contributed by atoms with Crippen LogP contribution in [-0.4, -0.2) is 10.8 Å². The van der Waals surface area contributed by atoms with Crippen LogP contribution in [0.2, 0.25) is 0 Å². The summed E-state index contributed by atoms with van der Waals surface area (Å²) in [5.74, 6) is 0.0707. The van der Waals surface area contributed by atoms with Crippen LogP contribution in [0.1, 0.15) is 29.9 Å². The molecule has 0 saturated heterocycles. The van der Waals surface area contributed by atoms with Crippen molar-refractivity contribution in [3.05, 3.63) is 41.7 Å². The molecule has 0 bridgehead atoms. The summed E-state index contributed by atoms with van der Waals surface area (Å²) in [4.78, 5) is 15.7. The Morgan fingerprint density at radius 3 is 2.53 bits per heavy atom. The van der Waals surface area contributed by atoms with E-state index in [2.05, 4.69) is 11.9 Å². The summed E-state index contributed by atoms with van der Waals surface area (Å²) in [5.41, 5.74) is 1.76. The third kappa shape index (κ3) is 1.63. The molecule has 0 atom stereocenters. The molecule has 0 radical (unpaired) electrons. The normalized spacial score (nSPS) is 10.5. The maximum Gasteiger partial charge on any atom is 0.161 e. The maximum atomic E-state index is 11.4. The van der Waals surface area contributed by atoms with E-state index < -0.39 is 0 Å². The molecule has 1 heterocycles. The number of carbonyl (C=O) groups excluding carboxylic acids is 1. The second-order valence-corrected chi connectivity index (χ2v) is 3.57. The Hall–Kier alpha value is -1.70. The van der Waals surface area contributed by atoms with Crippen LogP contribution in [-0.2, 0) is 6.42 Å². The van der Waals surface area contributed by atoms with E-state index in [1.807, 2.05) is 24.3 Å². The van der Waals surface area contributed by atoms with E-state index in [9.17, 15) is 4.79 Å². The lowest BCUT2D eigenvalue weighted by atomic mass is 10.0. The molecule has 0 fully saturated rings. The maximum absolute atomic E-state index is 11.4. The minimum absolute atomic E-state index is 0.0707. The van der Waals surface area contributed by atoms with Gasteiger partial charge in [-0.3, -0.25) is 9.78 Å². The first-order valence-corrected chi connectivity index (χ1v) is 5.11. The lowest BCUT2D eigenvalue weighted by Crippen LogP contribution is -1.98. The van der Waals surface area contributed by atoms with Gasteiger partial charge in [0.1, 0.15) is 0 Å².